The Labute approximate surface area is 107 Å². The molecule has 17 heavy (non-hydrogen) atoms. The van der Waals surface area contributed by atoms with E-state index >= 15 is 0 Å². The van der Waals surface area contributed by atoms with Crippen molar-refractivity contribution in [1.82, 2.24) is 5.01 Å². The van der Waals surface area contributed by atoms with Crippen LogP contribution in [0.2, 0.25) is 0 Å². The molecule has 0 radical (unpaired) electrons. The van der Waals surface area contributed by atoms with Crippen LogP contribution in [-0.4, -0.2) is 42.4 Å². The van der Waals surface area contributed by atoms with Crippen molar-refractivity contribution >= 4 is 27.6 Å². The number of benzene rings is 1. The number of carbonyl (C=O) groups is 1. The maximum Gasteiger partial charge on any atom is 0.337 e. The maximum atomic E-state index is 11.1. The van der Waals surface area contributed by atoms with E-state index in [2.05, 4.69) is 21.4 Å². The maximum absolute atomic E-state index is 11.1. The summed E-state index contributed by atoms with van der Waals surface area (Å²) in [5.41, 5.74) is 3.97. The smallest absolute Gasteiger partial charge is 0.337 e. The first-order chi connectivity index (χ1) is 8.16. The number of halogens is 1. The Balaban J connectivity index is 2.17. The molecule has 0 unspecified atom stereocenters. The zero-order valence-corrected chi connectivity index (χ0v) is 10.7. The molecule has 0 saturated carbocycles. The minimum absolute atomic E-state index is 0.264. The van der Waals surface area contributed by atoms with Crippen LogP contribution in [-0.2, 0) is 4.74 Å². The molecule has 92 valence electrons. The predicted octanol–water partition coefficient (Wildman–Crippen LogP) is 1.81. The molecular weight excluding hydrogens is 288 g/mol. The molecule has 1 aromatic carbocycles. The molecule has 6 heteroatoms. The molecular formula is C11H13BrN2O3. The van der Waals surface area contributed by atoms with E-state index in [1.165, 1.54) is 0 Å². The lowest BCUT2D eigenvalue weighted by Crippen LogP contribution is -2.40. The van der Waals surface area contributed by atoms with Gasteiger partial charge in [0, 0.05) is 17.6 Å². The van der Waals surface area contributed by atoms with Gasteiger partial charge in [0.25, 0.3) is 0 Å². The molecule has 2 N–H and O–H groups in total. The third kappa shape index (κ3) is 3.18. The van der Waals surface area contributed by atoms with E-state index in [0.717, 1.165) is 17.6 Å². The predicted molar refractivity (Wildman–Crippen MR) is 67.1 cm³/mol. The van der Waals surface area contributed by atoms with E-state index in [1.54, 1.807) is 18.2 Å². The number of aromatic carboxylic acids is 1. The number of hydrogen-bond acceptors (Lipinski definition) is 4. The third-order valence-corrected chi connectivity index (χ3v) is 2.99. The van der Waals surface area contributed by atoms with Crippen molar-refractivity contribution in [2.45, 2.75) is 0 Å². The van der Waals surface area contributed by atoms with Crippen molar-refractivity contribution in [1.29, 1.82) is 0 Å². The third-order valence-electron chi connectivity index (χ3n) is 2.50. The highest BCUT2D eigenvalue weighted by atomic mass is 79.9. The second-order valence-corrected chi connectivity index (χ2v) is 4.62. The molecule has 1 aliphatic rings. The van der Waals surface area contributed by atoms with E-state index in [1.807, 2.05) is 5.01 Å². The molecule has 0 atom stereocenters. The van der Waals surface area contributed by atoms with E-state index in [-0.39, 0.29) is 5.56 Å². The van der Waals surface area contributed by atoms with Crippen molar-refractivity contribution in [3.63, 3.8) is 0 Å². The molecule has 0 amide bonds. The largest absolute Gasteiger partial charge is 0.478 e. The van der Waals surface area contributed by atoms with E-state index in [4.69, 9.17) is 9.84 Å². The van der Waals surface area contributed by atoms with Gasteiger partial charge in [-0.15, -0.1) is 0 Å². The summed E-state index contributed by atoms with van der Waals surface area (Å²) in [5, 5.41) is 11.0. The molecule has 1 aliphatic heterocycles. The summed E-state index contributed by atoms with van der Waals surface area (Å²) in [7, 11) is 0. The number of nitrogens with one attached hydrogen (secondary N) is 1. The molecule has 5 nitrogen and oxygen atoms in total. The summed E-state index contributed by atoms with van der Waals surface area (Å²) in [6.07, 6.45) is 0. The van der Waals surface area contributed by atoms with Crippen molar-refractivity contribution in [3.05, 3.63) is 28.2 Å². The second-order valence-electron chi connectivity index (χ2n) is 3.71. The van der Waals surface area contributed by atoms with Crippen LogP contribution < -0.4 is 5.43 Å². The van der Waals surface area contributed by atoms with Gasteiger partial charge in [-0.1, -0.05) is 15.9 Å². The summed E-state index contributed by atoms with van der Waals surface area (Å²) >= 11 is 3.33. The Kier molecular flexibility index (Phi) is 3.98. The van der Waals surface area contributed by atoms with Crippen LogP contribution in [0.5, 0.6) is 0 Å². The number of carboxylic acids is 1. The molecule has 0 spiro atoms. The Morgan fingerprint density at radius 1 is 1.41 bits per heavy atom. The van der Waals surface area contributed by atoms with Gasteiger partial charge in [-0.2, -0.15) is 0 Å². The van der Waals surface area contributed by atoms with Gasteiger partial charge in [0.15, 0.2) is 0 Å². The van der Waals surface area contributed by atoms with E-state index < -0.39 is 5.97 Å². The number of ether oxygens (including phenoxy) is 1. The minimum atomic E-state index is -0.937. The van der Waals surface area contributed by atoms with Gasteiger partial charge in [-0.25, -0.2) is 9.80 Å². The zero-order valence-electron chi connectivity index (χ0n) is 9.15. The average Bonchev–Trinajstić information content (AvgIpc) is 2.30. The fourth-order valence-corrected chi connectivity index (χ4v) is 2.00. The SMILES string of the molecule is O=C(O)c1ccc(Br)cc1NN1CCOCC1. The van der Waals surface area contributed by atoms with Gasteiger partial charge >= 0.3 is 5.97 Å². The highest BCUT2D eigenvalue weighted by molar-refractivity contribution is 9.10. The lowest BCUT2D eigenvalue weighted by atomic mass is 10.2. The number of anilines is 1. The molecule has 0 bridgehead atoms. The summed E-state index contributed by atoms with van der Waals surface area (Å²) in [4.78, 5) is 11.1. The lowest BCUT2D eigenvalue weighted by Gasteiger charge is -2.28. The molecule has 0 aliphatic carbocycles. The standard InChI is InChI=1S/C11H13BrN2O3/c12-8-1-2-9(11(15)16)10(7-8)13-14-3-5-17-6-4-14/h1-2,7,13H,3-6H2,(H,15,16). The van der Waals surface area contributed by atoms with Crippen LogP contribution in [0.4, 0.5) is 5.69 Å². The highest BCUT2D eigenvalue weighted by Gasteiger charge is 2.15. The molecule has 1 aromatic rings. The Bertz CT molecular complexity index is 419. The van der Waals surface area contributed by atoms with Crippen LogP contribution in [0, 0.1) is 0 Å². The lowest BCUT2D eigenvalue weighted by molar-refractivity contribution is 0.0495. The first-order valence-corrected chi connectivity index (χ1v) is 6.08. The first kappa shape index (κ1) is 12.3. The van der Waals surface area contributed by atoms with Gasteiger partial charge in [-0.05, 0) is 18.2 Å². The second kappa shape index (κ2) is 5.48. The topological polar surface area (TPSA) is 61.8 Å². The van der Waals surface area contributed by atoms with Crippen LogP contribution in [0.15, 0.2) is 22.7 Å². The number of carboxylic acid groups (broad SMARTS) is 1. The Morgan fingerprint density at radius 2 is 2.12 bits per heavy atom. The van der Waals surface area contributed by atoms with Crippen LogP contribution in [0.3, 0.4) is 0 Å². The number of hydrogen-bond donors (Lipinski definition) is 2. The van der Waals surface area contributed by atoms with E-state index in [0.29, 0.717) is 18.9 Å². The fraction of sp³-hybridized carbons (Fsp3) is 0.364. The number of morpholine rings is 1. The Morgan fingerprint density at radius 3 is 2.76 bits per heavy atom. The first-order valence-electron chi connectivity index (χ1n) is 5.29. The molecule has 2 rings (SSSR count). The number of hydrazine groups is 1. The summed E-state index contributed by atoms with van der Waals surface area (Å²) in [6, 6.07) is 5.06. The number of rotatable bonds is 3. The minimum Gasteiger partial charge on any atom is -0.478 e. The molecule has 1 heterocycles. The van der Waals surface area contributed by atoms with Crippen molar-refractivity contribution < 1.29 is 14.6 Å². The average molecular weight is 301 g/mol. The number of nitrogens with zero attached hydrogens (tertiary/aromatic N) is 1. The zero-order chi connectivity index (χ0) is 12.3. The summed E-state index contributed by atoms with van der Waals surface area (Å²) < 4.78 is 6.08. The quantitative estimate of drug-likeness (QED) is 0.891. The monoisotopic (exact) mass is 300 g/mol. The molecule has 1 fully saturated rings. The Hall–Kier alpha value is -1.11. The van der Waals surface area contributed by atoms with Crippen molar-refractivity contribution in [2.24, 2.45) is 0 Å². The molecule has 0 aromatic heterocycles. The van der Waals surface area contributed by atoms with E-state index in [9.17, 15) is 4.79 Å². The normalized spacial score (nSPS) is 16.8. The molecule has 1 saturated heterocycles. The van der Waals surface area contributed by atoms with Crippen LogP contribution in [0.25, 0.3) is 0 Å². The van der Waals surface area contributed by atoms with Gasteiger partial charge in [0.05, 0.1) is 24.5 Å². The van der Waals surface area contributed by atoms with Crippen LogP contribution >= 0.6 is 15.9 Å². The van der Waals surface area contributed by atoms with Gasteiger partial charge in [0.2, 0.25) is 0 Å². The van der Waals surface area contributed by atoms with Crippen molar-refractivity contribution in [3.8, 4) is 0 Å². The van der Waals surface area contributed by atoms with Gasteiger partial charge < -0.3 is 15.3 Å². The van der Waals surface area contributed by atoms with Crippen molar-refractivity contribution in [2.75, 3.05) is 31.7 Å². The van der Waals surface area contributed by atoms with Gasteiger partial charge in [0.1, 0.15) is 0 Å². The fourth-order valence-electron chi connectivity index (χ4n) is 1.64. The highest BCUT2D eigenvalue weighted by Crippen LogP contribution is 2.22. The van der Waals surface area contributed by atoms with Gasteiger partial charge in [-0.3, -0.25) is 0 Å². The van der Waals surface area contributed by atoms with Crippen LogP contribution in [0.1, 0.15) is 10.4 Å². The summed E-state index contributed by atoms with van der Waals surface area (Å²) in [6.45, 7) is 2.80. The summed E-state index contributed by atoms with van der Waals surface area (Å²) in [5.74, 6) is -0.937.